The Bertz CT molecular complexity index is 1660. The molecule has 2 atom stereocenters. The number of carbonyl (C=O) groups is 1. The summed E-state index contributed by atoms with van der Waals surface area (Å²) in [6.45, 7) is 10.4. The second kappa shape index (κ2) is 12.0. The first-order valence-corrected chi connectivity index (χ1v) is 15.5. The first-order chi connectivity index (χ1) is 21.0. The summed E-state index contributed by atoms with van der Waals surface area (Å²) >= 11 is 6.32. The number of piperidine rings is 1. The number of carbonyl (C=O) groups excluding carboxylic acids is 1. The molecule has 7 nitrogen and oxygen atoms in total. The molecular formula is C34H37ClF2N6O. The van der Waals surface area contributed by atoms with E-state index in [1.165, 1.54) is 12.1 Å². The molecule has 2 aromatic heterocycles. The smallest absolute Gasteiger partial charge is 0.227 e. The average molecular weight is 619 g/mol. The Balaban J connectivity index is 1.25. The van der Waals surface area contributed by atoms with Gasteiger partial charge in [0.05, 0.1) is 11.6 Å². The van der Waals surface area contributed by atoms with Crippen LogP contribution in [0, 0.1) is 24.5 Å². The Hall–Kier alpha value is -3.69. The van der Waals surface area contributed by atoms with Gasteiger partial charge in [0.25, 0.3) is 0 Å². The van der Waals surface area contributed by atoms with Crippen LogP contribution in [0.3, 0.4) is 0 Å². The monoisotopic (exact) mass is 618 g/mol. The molecule has 10 heteroatoms. The molecule has 4 heterocycles. The van der Waals surface area contributed by atoms with E-state index < -0.39 is 17.6 Å². The van der Waals surface area contributed by atoms with Crippen LogP contribution in [-0.2, 0) is 4.79 Å². The van der Waals surface area contributed by atoms with Crippen LogP contribution in [0.1, 0.15) is 62.4 Å². The van der Waals surface area contributed by atoms with Crippen molar-refractivity contribution in [1.29, 1.82) is 0 Å². The number of likely N-dealkylation sites (tertiary alicyclic amines) is 2. The van der Waals surface area contributed by atoms with Crippen LogP contribution in [0.5, 0.6) is 0 Å². The number of benzene rings is 2. The number of nitrogens with zero attached hydrogens (tertiary/aromatic N) is 6. The van der Waals surface area contributed by atoms with Crippen LogP contribution >= 0.6 is 11.6 Å². The van der Waals surface area contributed by atoms with Crippen LogP contribution in [-0.4, -0.2) is 67.2 Å². The molecule has 0 N–H and O–H groups in total. The topological polar surface area (TPSA) is 67.2 Å². The maximum Gasteiger partial charge on any atom is 0.227 e. The second-order valence-corrected chi connectivity index (χ2v) is 13.3. The highest BCUT2D eigenvalue weighted by Gasteiger charge is 2.45. The molecule has 44 heavy (non-hydrogen) atoms. The van der Waals surface area contributed by atoms with Crippen molar-refractivity contribution in [2.24, 2.45) is 5.92 Å². The van der Waals surface area contributed by atoms with Gasteiger partial charge < -0.3 is 4.90 Å². The van der Waals surface area contributed by atoms with Crippen molar-refractivity contribution in [2.45, 2.75) is 57.9 Å². The number of pyridine rings is 1. The first kappa shape index (κ1) is 30.3. The summed E-state index contributed by atoms with van der Waals surface area (Å²) in [6, 6.07) is 13.3. The SMILES string of the molecule is Cc1cc(-n2nc(-c3cccnc3)nc2C2CCN(C(=O)C3CN(C(C)(C)C)CC3c3ccc(F)cc3F)CC2)ccc1Cl. The molecule has 0 bridgehead atoms. The second-order valence-electron chi connectivity index (χ2n) is 12.9. The minimum Gasteiger partial charge on any atom is -0.342 e. The van der Waals surface area contributed by atoms with Gasteiger partial charge in [-0.2, -0.15) is 0 Å². The third-order valence-corrected chi connectivity index (χ3v) is 9.48. The number of rotatable bonds is 5. The van der Waals surface area contributed by atoms with Crippen LogP contribution < -0.4 is 0 Å². The van der Waals surface area contributed by atoms with E-state index in [4.69, 9.17) is 21.7 Å². The first-order valence-electron chi connectivity index (χ1n) is 15.1. The third-order valence-electron chi connectivity index (χ3n) is 9.06. The summed E-state index contributed by atoms with van der Waals surface area (Å²) < 4.78 is 30.6. The fraction of sp³-hybridized carbons (Fsp3) is 0.412. The molecule has 0 spiro atoms. The molecule has 2 fully saturated rings. The highest BCUT2D eigenvalue weighted by Crippen LogP contribution is 2.40. The van der Waals surface area contributed by atoms with Crippen molar-refractivity contribution in [3.63, 3.8) is 0 Å². The summed E-state index contributed by atoms with van der Waals surface area (Å²) in [5.74, 6) is -0.441. The zero-order valence-corrected chi connectivity index (χ0v) is 26.2. The number of hydrogen-bond donors (Lipinski definition) is 0. The van der Waals surface area contributed by atoms with Gasteiger partial charge in [0.1, 0.15) is 17.5 Å². The normalized spacial score (nSPS) is 19.9. The molecule has 1 amide bonds. The van der Waals surface area contributed by atoms with Gasteiger partial charge in [0.2, 0.25) is 5.91 Å². The molecule has 0 saturated carbocycles. The van der Waals surface area contributed by atoms with E-state index in [2.05, 4.69) is 30.7 Å². The molecule has 2 aromatic carbocycles. The summed E-state index contributed by atoms with van der Waals surface area (Å²) in [5, 5.41) is 5.56. The van der Waals surface area contributed by atoms with E-state index in [1.54, 1.807) is 12.4 Å². The molecule has 230 valence electrons. The van der Waals surface area contributed by atoms with Crippen molar-refractivity contribution >= 4 is 17.5 Å². The lowest BCUT2D eigenvalue weighted by Crippen LogP contribution is -2.44. The van der Waals surface area contributed by atoms with Crippen LogP contribution in [0.25, 0.3) is 17.1 Å². The summed E-state index contributed by atoms with van der Waals surface area (Å²) in [4.78, 5) is 27.4. The quantitative estimate of drug-likeness (QED) is 0.246. The van der Waals surface area contributed by atoms with Gasteiger partial charge in [0.15, 0.2) is 5.82 Å². The highest BCUT2D eigenvalue weighted by atomic mass is 35.5. The molecule has 2 unspecified atom stereocenters. The Morgan fingerprint density at radius 3 is 2.45 bits per heavy atom. The van der Waals surface area contributed by atoms with Gasteiger partial charge in [0, 0.05) is 72.6 Å². The van der Waals surface area contributed by atoms with E-state index in [1.807, 2.05) is 46.8 Å². The van der Waals surface area contributed by atoms with Gasteiger partial charge in [-0.25, -0.2) is 18.4 Å². The summed E-state index contributed by atoms with van der Waals surface area (Å²) in [7, 11) is 0. The Morgan fingerprint density at radius 2 is 1.80 bits per heavy atom. The fourth-order valence-corrected chi connectivity index (χ4v) is 6.59. The number of hydrogen-bond acceptors (Lipinski definition) is 5. The Kier molecular flexibility index (Phi) is 8.28. The predicted octanol–water partition coefficient (Wildman–Crippen LogP) is 6.79. The zero-order valence-electron chi connectivity index (χ0n) is 25.5. The van der Waals surface area contributed by atoms with Crippen molar-refractivity contribution in [2.75, 3.05) is 26.2 Å². The molecule has 2 aliphatic heterocycles. The molecule has 4 aromatic rings. The molecule has 6 rings (SSSR count). The fourth-order valence-electron chi connectivity index (χ4n) is 6.47. The highest BCUT2D eigenvalue weighted by molar-refractivity contribution is 6.31. The molecule has 0 aliphatic carbocycles. The zero-order chi connectivity index (χ0) is 31.2. The lowest BCUT2D eigenvalue weighted by molar-refractivity contribution is -0.136. The van der Waals surface area contributed by atoms with Crippen LogP contribution in [0.4, 0.5) is 8.78 Å². The van der Waals surface area contributed by atoms with Gasteiger partial charge >= 0.3 is 0 Å². The van der Waals surface area contributed by atoms with E-state index in [0.29, 0.717) is 42.6 Å². The molecule has 2 aliphatic rings. The van der Waals surface area contributed by atoms with E-state index in [0.717, 1.165) is 41.5 Å². The molecule has 2 saturated heterocycles. The van der Waals surface area contributed by atoms with Gasteiger partial charge in [-0.1, -0.05) is 17.7 Å². The summed E-state index contributed by atoms with van der Waals surface area (Å²) in [5.41, 5.74) is 2.87. The van der Waals surface area contributed by atoms with Gasteiger partial charge in [-0.05, 0) is 88.1 Å². The molecule has 0 radical (unpaired) electrons. The lowest BCUT2D eigenvalue weighted by Gasteiger charge is -2.35. The maximum absolute atomic E-state index is 15.0. The number of aromatic nitrogens is 4. The third kappa shape index (κ3) is 6.00. The van der Waals surface area contributed by atoms with E-state index >= 15 is 0 Å². The van der Waals surface area contributed by atoms with Crippen molar-refractivity contribution < 1.29 is 13.6 Å². The number of halogens is 3. The van der Waals surface area contributed by atoms with Crippen molar-refractivity contribution in [1.82, 2.24) is 29.5 Å². The maximum atomic E-state index is 15.0. The predicted molar refractivity (Wildman–Crippen MR) is 167 cm³/mol. The van der Waals surface area contributed by atoms with Gasteiger partial charge in [-0.15, -0.1) is 5.10 Å². The van der Waals surface area contributed by atoms with Gasteiger partial charge in [-0.3, -0.25) is 14.7 Å². The molecular weight excluding hydrogens is 582 g/mol. The van der Waals surface area contributed by atoms with Crippen LogP contribution in [0.15, 0.2) is 60.9 Å². The Labute approximate surface area is 261 Å². The van der Waals surface area contributed by atoms with Crippen molar-refractivity contribution in [3.8, 4) is 17.1 Å². The summed E-state index contributed by atoms with van der Waals surface area (Å²) in [6.07, 6.45) is 4.90. The van der Waals surface area contributed by atoms with E-state index in [9.17, 15) is 13.6 Å². The van der Waals surface area contributed by atoms with Crippen molar-refractivity contribution in [3.05, 3.63) is 94.5 Å². The lowest BCUT2D eigenvalue weighted by atomic mass is 9.86. The number of amides is 1. The Morgan fingerprint density at radius 1 is 1.02 bits per heavy atom. The average Bonchev–Trinajstić information content (AvgIpc) is 3.65. The minimum atomic E-state index is -0.616. The standard InChI is InChI=1S/C34H37ClF2N6O/c1-21-16-25(8-10-29(21)35)43-32(39-31(40-43)23-6-5-13-38-18-23)22-11-14-41(15-12-22)33(44)28-20-42(34(2,3)4)19-27(28)26-9-7-24(36)17-30(26)37/h5-10,13,16-18,22,27-28H,11-12,14-15,19-20H2,1-4H3. The minimum absolute atomic E-state index is 0.0229. The van der Waals surface area contributed by atoms with Crippen LogP contribution in [0.2, 0.25) is 5.02 Å². The largest absolute Gasteiger partial charge is 0.342 e. The number of aryl methyl sites for hydroxylation is 1. The van der Waals surface area contributed by atoms with E-state index in [-0.39, 0.29) is 23.3 Å².